The molecule has 7 heteroatoms. The van der Waals surface area contributed by atoms with Gasteiger partial charge in [-0.05, 0) is 11.1 Å². The molecule has 1 aliphatic heterocycles. The lowest BCUT2D eigenvalue weighted by Crippen LogP contribution is -2.49. The summed E-state index contributed by atoms with van der Waals surface area (Å²) < 4.78 is 0. The maximum Gasteiger partial charge on any atom is 0.295 e. The molecule has 0 saturated carbocycles. The van der Waals surface area contributed by atoms with Crippen LogP contribution in [0.3, 0.4) is 0 Å². The van der Waals surface area contributed by atoms with Crippen molar-refractivity contribution in [3.8, 4) is 0 Å². The van der Waals surface area contributed by atoms with Gasteiger partial charge in [-0.1, -0.05) is 13.8 Å². The molecule has 1 aliphatic rings. The summed E-state index contributed by atoms with van der Waals surface area (Å²) in [6, 6.07) is 0. The van der Waals surface area contributed by atoms with E-state index in [9.17, 15) is 4.79 Å². The van der Waals surface area contributed by atoms with Crippen LogP contribution in [-0.2, 0) is 0 Å². The molecule has 2 rings (SSSR count). The number of rotatable bonds is 3. The van der Waals surface area contributed by atoms with Crippen LogP contribution in [0.2, 0.25) is 0 Å². The number of hydrogen-bond donors (Lipinski definition) is 1. The zero-order chi connectivity index (χ0) is 12.3. The Balaban J connectivity index is 1.85. The zero-order valence-corrected chi connectivity index (χ0v) is 10.3. The number of nitrogens with zero attached hydrogens (tertiary/aromatic N) is 5. The van der Waals surface area contributed by atoms with Gasteiger partial charge in [0.05, 0.1) is 0 Å². The Kier molecular flexibility index (Phi) is 3.68. The molecular weight excluding hydrogens is 220 g/mol. The van der Waals surface area contributed by atoms with E-state index in [-0.39, 0.29) is 11.7 Å². The first-order valence-corrected chi connectivity index (χ1v) is 5.92. The van der Waals surface area contributed by atoms with Crippen molar-refractivity contribution in [3.05, 3.63) is 5.82 Å². The summed E-state index contributed by atoms with van der Waals surface area (Å²) >= 11 is 0. The Bertz CT molecular complexity index is 355. The first-order chi connectivity index (χ1) is 8.16. The van der Waals surface area contributed by atoms with E-state index in [1.165, 1.54) is 0 Å². The molecule has 1 fully saturated rings. The third kappa shape index (κ3) is 3.00. The van der Waals surface area contributed by atoms with Gasteiger partial charge in [0.25, 0.3) is 11.7 Å². The van der Waals surface area contributed by atoms with Gasteiger partial charge >= 0.3 is 0 Å². The molecule has 2 heterocycles. The first kappa shape index (κ1) is 12.0. The minimum Gasteiger partial charge on any atom is -0.333 e. The summed E-state index contributed by atoms with van der Waals surface area (Å²) in [4.78, 5) is 16.1. The average molecular weight is 238 g/mol. The maximum atomic E-state index is 11.9. The third-order valence-corrected chi connectivity index (χ3v) is 2.82. The van der Waals surface area contributed by atoms with Crippen molar-refractivity contribution in [2.75, 3.05) is 32.7 Å². The van der Waals surface area contributed by atoms with Crippen LogP contribution in [-0.4, -0.2) is 69.1 Å². The van der Waals surface area contributed by atoms with Gasteiger partial charge in [-0.15, -0.1) is 10.2 Å². The van der Waals surface area contributed by atoms with E-state index in [0.717, 1.165) is 32.7 Å². The van der Waals surface area contributed by atoms with E-state index < -0.39 is 0 Å². The molecule has 7 nitrogen and oxygen atoms in total. The summed E-state index contributed by atoms with van der Waals surface area (Å²) in [5.41, 5.74) is 0. The van der Waals surface area contributed by atoms with Crippen LogP contribution >= 0.6 is 0 Å². The molecule has 0 bridgehead atoms. The Morgan fingerprint density at radius 2 is 2.06 bits per heavy atom. The molecule has 0 atom stereocenters. The summed E-state index contributed by atoms with van der Waals surface area (Å²) in [7, 11) is 0. The fourth-order valence-corrected chi connectivity index (χ4v) is 2.04. The molecule has 0 spiro atoms. The second kappa shape index (κ2) is 5.22. The summed E-state index contributed by atoms with van der Waals surface area (Å²) in [5, 5.41) is 13.1. The van der Waals surface area contributed by atoms with E-state index in [1.54, 1.807) is 4.90 Å². The highest BCUT2D eigenvalue weighted by atomic mass is 16.2. The van der Waals surface area contributed by atoms with Crippen molar-refractivity contribution in [1.82, 2.24) is 30.4 Å². The van der Waals surface area contributed by atoms with E-state index in [0.29, 0.717) is 5.92 Å². The highest BCUT2D eigenvalue weighted by Crippen LogP contribution is 2.07. The number of carbonyl (C=O) groups excluding carboxylic acids is 1. The molecule has 0 aliphatic carbocycles. The van der Waals surface area contributed by atoms with Gasteiger partial charge in [-0.25, -0.2) is 0 Å². The summed E-state index contributed by atoms with van der Waals surface area (Å²) in [6.07, 6.45) is 0. The Morgan fingerprint density at radius 1 is 1.35 bits per heavy atom. The number of aromatic amines is 1. The SMILES string of the molecule is CC(C)CN1CCN(C(=O)c2nn[nH]n2)CC1. The highest BCUT2D eigenvalue weighted by Gasteiger charge is 2.24. The largest absolute Gasteiger partial charge is 0.333 e. The quantitative estimate of drug-likeness (QED) is 0.776. The standard InChI is InChI=1S/C10H18N6O/c1-8(2)7-15-3-5-16(6-4-15)10(17)9-11-13-14-12-9/h8H,3-7H2,1-2H3,(H,11,12,13,14). The number of carbonyl (C=O) groups is 1. The molecule has 1 aromatic rings. The van der Waals surface area contributed by atoms with Crippen molar-refractivity contribution in [2.45, 2.75) is 13.8 Å². The highest BCUT2D eigenvalue weighted by molar-refractivity contribution is 5.90. The molecule has 0 radical (unpaired) electrons. The number of aromatic nitrogens is 4. The van der Waals surface area contributed by atoms with Crippen LogP contribution < -0.4 is 0 Å². The Morgan fingerprint density at radius 3 is 2.59 bits per heavy atom. The van der Waals surface area contributed by atoms with Crippen molar-refractivity contribution < 1.29 is 4.79 Å². The fourth-order valence-electron chi connectivity index (χ4n) is 2.04. The van der Waals surface area contributed by atoms with Gasteiger partial charge in [-0.2, -0.15) is 5.21 Å². The lowest BCUT2D eigenvalue weighted by atomic mass is 10.2. The molecule has 1 aromatic heterocycles. The molecule has 94 valence electrons. The lowest BCUT2D eigenvalue weighted by molar-refractivity contribution is 0.0612. The van der Waals surface area contributed by atoms with Crippen LogP contribution in [0, 0.1) is 5.92 Å². The molecule has 17 heavy (non-hydrogen) atoms. The first-order valence-electron chi connectivity index (χ1n) is 5.92. The van der Waals surface area contributed by atoms with Gasteiger partial charge in [0.15, 0.2) is 0 Å². The molecular formula is C10H18N6O. The molecule has 1 amide bonds. The normalized spacial score (nSPS) is 17.7. The number of nitrogens with one attached hydrogen (secondary N) is 1. The zero-order valence-electron chi connectivity index (χ0n) is 10.3. The molecule has 0 aromatic carbocycles. The Labute approximate surface area is 100 Å². The van der Waals surface area contributed by atoms with Crippen molar-refractivity contribution in [1.29, 1.82) is 0 Å². The fraction of sp³-hybridized carbons (Fsp3) is 0.800. The lowest BCUT2D eigenvalue weighted by Gasteiger charge is -2.34. The smallest absolute Gasteiger partial charge is 0.295 e. The van der Waals surface area contributed by atoms with Crippen LogP contribution in [0.25, 0.3) is 0 Å². The van der Waals surface area contributed by atoms with Crippen LogP contribution in [0.1, 0.15) is 24.5 Å². The molecule has 0 unspecified atom stereocenters. The number of amides is 1. The van der Waals surface area contributed by atoms with Crippen LogP contribution in [0.4, 0.5) is 0 Å². The monoisotopic (exact) mass is 238 g/mol. The van der Waals surface area contributed by atoms with E-state index in [1.807, 2.05) is 0 Å². The maximum absolute atomic E-state index is 11.9. The van der Waals surface area contributed by atoms with Gasteiger partial charge < -0.3 is 4.90 Å². The summed E-state index contributed by atoms with van der Waals surface area (Å²) in [5.74, 6) is 0.680. The van der Waals surface area contributed by atoms with E-state index in [2.05, 4.69) is 39.4 Å². The second-order valence-electron chi connectivity index (χ2n) is 4.72. The number of tetrazole rings is 1. The van der Waals surface area contributed by atoms with E-state index >= 15 is 0 Å². The van der Waals surface area contributed by atoms with Crippen molar-refractivity contribution in [2.24, 2.45) is 5.92 Å². The molecule has 1 saturated heterocycles. The topological polar surface area (TPSA) is 78.0 Å². The predicted molar refractivity (Wildman–Crippen MR) is 61.4 cm³/mol. The minimum atomic E-state index is -0.136. The van der Waals surface area contributed by atoms with Crippen LogP contribution in [0.15, 0.2) is 0 Å². The average Bonchev–Trinajstić information content (AvgIpc) is 2.82. The second-order valence-corrected chi connectivity index (χ2v) is 4.72. The van der Waals surface area contributed by atoms with Crippen molar-refractivity contribution in [3.63, 3.8) is 0 Å². The van der Waals surface area contributed by atoms with Crippen molar-refractivity contribution >= 4 is 5.91 Å². The van der Waals surface area contributed by atoms with E-state index in [4.69, 9.17) is 0 Å². The number of piperazine rings is 1. The van der Waals surface area contributed by atoms with Crippen LogP contribution in [0.5, 0.6) is 0 Å². The number of hydrogen-bond acceptors (Lipinski definition) is 5. The predicted octanol–water partition coefficient (Wildman–Crippen LogP) is -0.386. The Hall–Kier alpha value is -1.50. The summed E-state index contributed by atoms with van der Waals surface area (Å²) in [6.45, 7) is 8.81. The minimum absolute atomic E-state index is 0.136. The third-order valence-electron chi connectivity index (χ3n) is 2.82. The number of H-pyrrole nitrogens is 1. The van der Waals surface area contributed by atoms with Gasteiger partial charge in [0.2, 0.25) is 0 Å². The molecule has 1 N–H and O–H groups in total. The van der Waals surface area contributed by atoms with Gasteiger partial charge in [0, 0.05) is 32.7 Å². The van der Waals surface area contributed by atoms with Gasteiger partial charge in [-0.3, -0.25) is 9.69 Å². The van der Waals surface area contributed by atoms with Gasteiger partial charge in [0.1, 0.15) is 0 Å².